The number of esters is 1. The third-order valence-electron chi connectivity index (χ3n) is 3.00. The van der Waals surface area contributed by atoms with Crippen molar-refractivity contribution in [1.82, 2.24) is 10.3 Å². The van der Waals surface area contributed by atoms with E-state index < -0.39 is 12.1 Å². The van der Waals surface area contributed by atoms with E-state index in [2.05, 4.69) is 15.0 Å². The number of hydrogen-bond donors (Lipinski definition) is 2. The number of carbonyl (C=O) groups excluding carboxylic acids is 2. The van der Waals surface area contributed by atoms with Crippen molar-refractivity contribution >= 4 is 11.9 Å². The maximum Gasteiger partial charge on any atom is 0.356 e. The largest absolute Gasteiger partial charge is 0.464 e. The molecule has 6 heteroatoms. The van der Waals surface area contributed by atoms with Gasteiger partial charge in [0.05, 0.1) is 18.8 Å². The Bertz CT molecular complexity index is 495. The third kappa shape index (κ3) is 5.51. The molecule has 1 aromatic heterocycles. The summed E-state index contributed by atoms with van der Waals surface area (Å²) in [6.45, 7) is 6.10. The van der Waals surface area contributed by atoms with Gasteiger partial charge in [0.1, 0.15) is 5.69 Å². The molecule has 116 valence electrons. The molecule has 1 atom stereocenters. The van der Waals surface area contributed by atoms with E-state index in [1.54, 1.807) is 6.92 Å². The fourth-order valence-corrected chi connectivity index (χ4v) is 2.05. The zero-order valence-electron chi connectivity index (χ0n) is 12.8. The molecule has 0 aromatic carbocycles. The number of nitrogens with zero attached hydrogens (tertiary/aromatic N) is 1. The number of pyridine rings is 1. The Morgan fingerprint density at radius 3 is 2.57 bits per heavy atom. The number of aliphatic hydroxyl groups is 1. The van der Waals surface area contributed by atoms with Gasteiger partial charge >= 0.3 is 5.97 Å². The molecule has 6 nitrogen and oxygen atoms in total. The Kier molecular flexibility index (Phi) is 5.84. The van der Waals surface area contributed by atoms with Crippen molar-refractivity contribution in [2.24, 2.45) is 5.41 Å². The topological polar surface area (TPSA) is 88.5 Å². The number of nitrogens with one attached hydrogen (secondary N) is 1. The number of ether oxygens (including phenoxy) is 1. The lowest BCUT2D eigenvalue weighted by atomic mass is 9.87. The average Bonchev–Trinajstić information content (AvgIpc) is 2.43. The summed E-state index contributed by atoms with van der Waals surface area (Å²) >= 11 is 0. The molecular formula is C15H22N2O4. The average molecular weight is 294 g/mol. The summed E-state index contributed by atoms with van der Waals surface area (Å²) in [5, 5.41) is 12.2. The van der Waals surface area contributed by atoms with Crippen LogP contribution in [0.5, 0.6) is 0 Å². The van der Waals surface area contributed by atoms with Gasteiger partial charge < -0.3 is 15.2 Å². The molecule has 1 aromatic rings. The van der Waals surface area contributed by atoms with Crippen LogP contribution in [0.1, 0.15) is 48.0 Å². The molecule has 0 aliphatic carbocycles. The van der Waals surface area contributed by atoms with Crippen molar-refractivity contribution in [2.45, 2.75) is 33.3 Å². The Morgan fingerprint density at radius 1 is 1.43 bits per heavy atom. The van der Waals surface area contributed by atoms with E-state index >= 15 is 0 Å². The molecule has 0 radical (unpaired) electrons. The Morgan fingerprint density at radius 2 is 2.10 bits per heavy atom. The van der Waals surface area contributed by atoms with E-state index in [1.165, 1.54) is 25.4 Å². The van der Waals surface area contributed by atoms with Gasteiger partial charge in [-0.3, -0.25) is 4.79 Å². The Hall–Kier alpha value is -1.95. The van der Waals surface area contributed by atoms with Gasteiger partial charge in [0.2, 0.25) is 0 Å². The Balaban J connectivity index is 2.62. The second-order valence-electron chi connectivity index (χ2n) is 5.82. The van der Waals surface area contributed by atoms with E-state index in [1.807, 2.05) is 13.8 Å². The van der Waals surface area contributed by atoms with Gasteiger partial charge in [0.25, 0.3) is 5.91 Å². The summed E-state index contributed by atoms with van der Waals surface area (Å²) < 4.78 is 4.54. The lowest BCUT2D eigenvalue weighted by Gasteiger charge is -2.26. The molecule has 0 fully saturated rings. The van der Waals surface area contributed by atoms with Crippen molar-refractivity contribution < 1.29 is 19.4 Å². The smallest absolute Gasteiger partial charge is 0.356 e. The van der Waals surface area contributed by atoms with Crippen LogP contribution in [0.3, 0.4) is 0 Å². The molecule has 2 N–H and O–H groups in total. The number of methoxy groups -OCH3 is 1. The van der Waals surface area contributed by atoms with Gasteiger partial charge in [-0.1, -0.05) is 13.8 Å². The van der Waals surface area contributed by atoms with Crippen LogP contribution >= 0.6 is 0 Å². The highest BCUT2D eigenvalue weighted by molar-refractivity contribution is 5.95. The lowest BCUT2D eigenvalue weighted by Crippen LogP contribution is -2.35. The number of aromatic nitrogens is 1. The number of amides is 1. The molecule has 1 amide bonds. The quantitative estimate of drug-likeness (QED) is 0.774. The van der Waals surface area contributed by atoms with Gasteiger partial charge in [-0.25, -0.2) is 9.78 Å². The molecule has 1 heterocycles. The minimum atomic E-state index is -0.542. The van der Waals surface area contributed by atoms with E-state index in [9.17, 15) is 14.7 Å². The van der Waals surface area contributed by atoms with Gasteiger partial charge in [-0.2, -0.15) is 0 Å². The monoisotopic (exact) mass is 294 g/mol. The first kappa shape index (κ1) is 17.1. The van der Waals surface area contributed by atoms with Crippen LogP contribution in [0.4, 0.5) is 0 Å². The van der Waals surface area contributed by atoms with Gasteiger partial charge in [-0.05, 0) is 30.9 Å². The number of rotatable bonds is 6. The van der Waals surface area contributed by atoms with Crippen molar-refractivity contribution in [2.75, 3.05) is 13.7 Å². The molecule has 1 unspecified atom stereocenters. The van der Waals surface area contributed by atoms with Gasteiger partial charge in [-0.15, -0.1) is 0 Å². The summed E-state index contributed by atoms with van der Waals surface area (Å²) in [7, 11) is 1.27. The first-order chi connectivity index (χ1) is 9.75. The van der Waals surface area contributed by atoms with Crippen molar-refractivity contribution in [3.8, 4) is 0 Å². The molecule has 0 spiro atoms. The van der Waals surface area contributed by atoms with E-state index in [0.29, 0.717) is 18.5 Å². The molecule has 0 aliphatic rings. The SMILES string of the molecule is COC(=O)c1ccc(C(=O)NCC(C)(C)CC(C)O)cn1. The molecule has 21 heavy (non-hydrogen) atoms. The summed E-state index contributed by atoms with van der Waals surface area (Å²) in [5.74, 6) is -0.808. The van der Waals surface area contributed by atoms with Crippen LogP contribution in [-0.2, 0) is 4.74 Å². The van der Waals surface area contributed by atoms with Crippen LogP contribution in [-0.4, -0.2) is 41.7 Å². The van der Waals surface area contributed by atoms with Crippen LogP contribution < -0.4 is 5.32 Å². The number of aliphatic hydroxyl groups excluding tert-OH is 1. The fourth-order valence-electron chi connectivity index (χ4n) is 2.05. The third-order valence-corrected chi connectivity index (χ3v) is 3.00. The fraction of sp³-hybridized carbons (Fsp3) is 0.533. The molecule has 1 rings (SSSR count). The highest BCUT2D eigenvalue weighted by Crippen LogP contribution is 2.21. The van der Waals surface area contributed by atoms with E-state index in [0.717, 1.165) is 0 Å². The highest BCUT2D eigenvalue weighted by atomic mass is 16.5. The molecule has 0 saturated heterocycles. The number of hydrogen-bond acceptors (Lipinski definition) is 5. The van der Waals surface area contributed by atoms with Crippen LogP contribution in [0.15, 0.2) is 18.3 Å². The zero-order valence-corrected chi connectivity index (χ0v) is 12.8. The van der Waals surface area contributed by atoms with Gasteiger partial charge in [0, 0.05) is 12.7 Å². The van der Waals surface area contributed by atoms with E-state index in [-0.39, 0.29) is 17.0 Å². The second-order valence-corrected chi connectivity index (χ2v) is 5.82. The molecule has 0 saturated carbocycles. The summed E-state index contributed by atoms with van der Waals surface area (Å²) in [4.78, 5) is 27.1. The molecular weight excluding hydrogens is 272 g/mol. The van der Waals surface area contributed by atoms with Gasteiger partial charge in [0.15, 0.2) is 0 Å². The van der Waals surface area contributed by atoms with Crippen molar-refractivity contribution in [3.63, 3.8) is 0 Å². The summed E-state index contributed by atoms with van der Waals surface area (Å²) in [5.41, 5.74) is 0.322. The first-order valence-electron chi connectivity index (χ1n) is 6.76. The summed E-state index contributed by atoms with van der Waals surface area (Å²) in [6, 6.07) is 2.97. The predicted molar refractivity (Wildman–Crippen MR) is 78.0 cm³/mol. The van der Waals surface area contributed by atoms with Crippen molar-refractivity contribution in [3.05, 3.63) is 29.6 Å². The maximum absolute atomic E-state index is 12.0. The standard InChI is InChI=1S/C15H22N2O4/c1-10(18)7-15(2,3)9-17-13(19)11-5-6-12(16-8-11)14(20)21-4/h5-6,8,10,18H,7,9H2,1-4H3,(H,17,19). The molecule has 0 bridgehead atoms. The highest BCUT2D eigenvalue weighted by Gasteiger charge is 2.21. The first-order valence-corrected chi connectivity index (χ1v) is 6.76. The van der Waals surface area contributed by atoms with Crippen LogP contribution in [0.25, 0.3) is 0 Å². The number of carbonyl (C=O) groups is 2. The molecule has 0 aliphatic heterocycles. The zero-order chi connectivity index (χ0) is 16.0. The maximum atomic E-state index is 12.0. The second kappa shape index (κ2) is 7.17. The van der Waals surface area contributed by atoms with E-state index in [4.69, 9.17) is 0 Å². The summed E-state index contributed by atoms with van der Waals surface area (Å²) in [6.07, 6.45) is 1.51. The minimum absolute atomic E-state index is 0.156. The normalized spacial score (nSPS) is 12.6. The minimum Gasteiger partial charge on any atom is -0.464 e. The van der Waals surface area contributed by atoms with Crippen LogP contribution in [0, 0.1) is 5.41 Å². The predicted octanol–water partition coefficient (Wildman–Crippen LogP) is 1.40. The van der Waals surface area contributed by atoms with Crippen LogP contribution in [0.2, 0.25) is 0 Å². The lowest BCUT2D eigenvalue weighted by molar-refractivity contribution is 0.0593. The van der Waals surface area contributed by atoms with Crippen molar-refractivity contribution in [1.29, 1.82) is 0 Å². The Labute approximate surface area is 124 Å².